The van der Waals surface area contributed by atoms with Crippen LogP contribution in [-0.4, -0.2) is 15.7 Å². The highest BCUT2D eigenvalue weighted by molar-refractivity contribution is 5.77. The van der Waals surface area contributed by atoms with Crippen LogP contribution in [0.4, 0.5) is 0 Å². The molecule has 1 rings (SSSR count). The van der Waals surface area contributed by atoms with Gasteiger partial charge in [0.15, 0.2) is 0 Å². The molecule has 4 nitrogen and oxygen atoms in total. The topological polar surface area (TPSA) is 54.9 Å². The van der Waals surface area contributed by atoms with Gasteiger partial charge in [-0.2, -0.15) is 4.68 Å². The summed E-state index contributed by atoms with van der Waals surface area (Å²) in [6.45, 7) is 2.23. The number of nitrogens with one attached hydrogen (secondary N) is 1. The van der Waals surface area contributed by atoms with Crippen molar-refractivity contribution >= 4 is 5.91 Å². The first kappa shape index (κ1) is 15.7. The van der Waals surface area contributed by atoms with E-state index < -0.39 is 0 Å². The van der Waals surface area contributed by atoms with E-state index in [4.69, 9.17) is 0 Å². The number of H-pyrrole nitrogens is 1. The van der Waals surface area contributed by atoms with Crippen LogP contribution in [0.3, 0.4) is 0 Å². The summed E-state index contributed by atoms with van der Waals surface area (Å²) in [5, 5.41) is 2.64. The van der Waals surface area contributed by atoms with Gasteiger partial charge in [-0.1, -0.05) is 58.3 Å². The van der Waals surface area contributed by atoms with Crippen LogP contribution < -0.4 is 5.56 Å². The normalized spacial score (nSPS) is 10.8. The van der Waals surface area contributed by atoms with E-state index in [0.29, 0.717) is 6.42 Å². The minimum Gasteiger partial charge on any atom is -0.296 e. The van der Waals surface area contributed by atoms with Crippen LogP contribution in [0.2, 0.25) is 0 Å². The zero-order chi connectivity index (χ0) is 13.9. The Bertz CT molecular complexity index is 406. The summed E-state index contributed by atoms with van der Waals surface area (Å²) in [4.78, 5) is 22.9. The second kappa shape index (κ2) is 9.59. The molecule has 1 heterocycles. The summed E-state index contributed by atoms with van der Waals surface area (Å²) in [7, 11) is 0. The Morgan fingerprint density at radius 3 is 2.16 bits per heavy atom. The van der Waals surface area contributed by atoms with Crippen molar-refractivity contribution in [2.24, 2.45) is 0 Å². The molecule has 1 aromatic rings. The van der Waals surface area contributed by atoms with Gasteiger partial charge in [-0.25, -0.2) is 0 Å². The van der Waals surface area contributed by atoms with Crippen molar-refractivity contribution in [1.29, 1.82) is 0 Å². The monoisotopic (exact) mass is 266 g/mol. The number of nitrogens with zero attached hydrogens (tertiary/aromatic N) is 1. The van der Waals surface area contributed by atoms with E-state index in [1.165, 1.54) is 57.2 Å². The van der Waals surface area contributed by atoms with E-state index in [1.54, 1.807) is 0 Å². The molecule has 0 aliphatic rings. The second-order valence-corrected chi connectivity index (χ2v) is 5.11. The van der Waals surface area contributed by atoms with Gasteiger partial charge in [0.05, 0.1) is 0 Å². The molecule has 0 saturated heterocycles. The number of unbranched alkanes of at least 4 members (excludes halogenated alkanes) is 8. The number of aromatic amines is 1. The number of aromatic nitrogens is 2. The molecule has 108 valence electrons. The highest BCUT2D eigenvalue weighted by Gasteiger charge is 2.06. The van der Waals surface area contributed by atoms with Gasteiger partial charge in [-0.15, -0.1) is 0 Å². The van der Waals surface area contributed by atoms with Crippen molar-refractivity contribution in [1.82, 2.24) is 9.78 Å². The van der Waals surface area contributed by atoms with Crippen molar-refractivity contribution in [3.8, 4) is 0 Å². The molecule has 19 heavy (non-hydrogen) atoms. The van der Waals surface area contributed by atoms with E-state index in [0.717, 1.165) is 17.5 Å². The Hall–Kier alpha value is -1.32. The Balaban J connectivity index is 1.98. The first-order chi connectivity index (χ1) is 9.25. The minimum atomic E-state index is -0.263. The first-order valence-electron chi connectivity index (χ1n) is 7.55. The summed E-state index contributed by atoms with van der Waals surface area (Å²) in [5.74, 6) is -0.127. The van der Waals surface area contributed by atoms with Gasteiger partial charge in [-0.05, 0) is 6.42 Å². The summed E-state index contributed by atoms with van der Waals surface area (Å²) in [5.41, 5.74) is -0.263. The van der Waals surface area contributed by atoms with Gasteiger partial charge in [0.1, 0.15) is 0 Å². The molecule has 1 N–H and O–H groups in total. The molecule has 0 bridgehead atoms. The van der Waals surface area contributed by atoms with Crippen LogP contribution in [0.15, 0.2) is 17.1 Å². The number of hydrogen-bond acceptors (Lipinski definition) is 2. The van der Waals surface area contributed by atoms with Gasteiger partial charge in [0.25, 0.3) is 5.56 Å². The molecule has 0 radical (unpaired) electrons. The van der Waals surface area contributed by atoms with Crippen molar-refractivity contribution in [3.05, 3.63) is 22.6 Å². The van der Waals surface area contributed by atoms with E-state index in [9.17, 15) is 9.59 Å². The van der Waals surface area contributed by atoms with Crippen LogP contribution in [-0.2, 0) is 0 Å². The fraction of sp³-hybridized carbons (Fsp3) is 0.733. The van der Waals surface area contributed by atoms with Crippen molar-refractivity contribution in [3.63, 3.8) is 0 Å². The van der Waals surface area contributed by atoms with Gasteiger partial charge >= 0.3 is 0 Å². The molecule has 0 atom stereocenters. The fourth-order valence-corrected chi connectivity index (χ4v) is 2.21. The standard InChI is InChI=1S/C15H26N2O2/c1-2-3-4-5-6-7-8-9-10-11-14(18)17-15(19)12-13-16-17/h12-13,16H,2-11H2,1H3. The number of hydrogen-bond donors (Lipinski definition) is 1. The predicted octanol–water partition coefficient (Wildman–Crippen LogP) is 3.74. The smallest absolute Gasteiger partial charge is 0.273 e. The quantitative estimate of drug-likeness (QED) is 0.656. The molecule has 4 heteroatoms. The molecular formula is C15H26N2O2. The average Bonchev–Trinajstić information content (AvgIpc) is 2.83. The summed E-state index contributed by atoms with van der Waals surface area (Å²) < 4.78 is 1.09. The van der Waals surface area contributed by atoms with E-state index >= 15 is 0 Å². The van der Waals surface area contributed by atoms with Crippen LogP contribution in [0.5, 0.6) is 0 Å². The van der Waals surface area contributed by atoms with Crippen LogP contribution in [0.1, 0.15) is 75.9 Å². The Morgan fingerprint density at radius 1 is 1.05 bits per heavy atom. The SMILES string of the molecule is CCCCCCCCCCCC(=O)n1[nH]ccc1=O. The van der Waals surface area contributed by atoms with Crippen LogP contribution in [0, 0.1) is 0 Å². The number of rotatable bonds is 10. The first-order valence-corrected chi connectivity index (χ1v) is 7.55. The molecule has 0 aliphatic heterocycles. The molecule has 0 fully saturated rings. The van der Waals surface area contributed by atoms with E-state index in [-0.39, 0.29) is 11.5 Å². The zero-order valence-electron chi connectivity index (χ0n) is 12.0. The lowest BCUT2D eigenvalue weighted by atomic mass is 10.1. The molecule has 0 amide bonds. The maximum absolute atomic E-state index is 11.7. The largest absolute Gasteiger partial charge is 0.296 e. The van der Waals surface area contributed by atoms with Gasteiger partial charge in [0, 0.05) is 18.7 Å². The third kappa shape index (κ3) is 6.41. The summed E-state index contributed by atoms with van der Waals surface area (Å²) in [6, 6.07) is 1.37. The Morgan fingerprint density at radius 2 is 1.63 bits per heavy atom. The molecule has 0 aliphatic carbocycles. The van der Waals surface area contributed by atoms with Crippen molar-refractivity contribution < 1.29 is 4.79 Å². The van der Waals surface area contributed by atoms with Crippen LogP contribution in [0.25, 0.3) is 0 Å². The average molecular weight is 266 g/mol. The molecule has 0 spiro atoms. The maximum Gasteiger partial charge on any atom is 0.273 e. The molecule has 1 aromatic heterocycles. The molecule has 0 aromatic carbocycles. The maximum atomic E-state index is 11.7. The predicted molar refractivity (Wildman–Crippen MR) is 77.5 cm³/mol. The third-order valence-electron chi connectivity index (χ3n) is 3.39. The zero-order valence-corrected chi connectivity index (χ0v) is 12.0. The minimum absolute atomic E-state index is 0.127. The van der Waals surface area contributed by atoms with Crippen LogP contribution >= 0.6 is 0 Å². The molecular weight excluding hydrogens is 240 g/mol. The fourth-order valence-electron chi connectivity index (χ4n) is 2.21. The number of carbonyl (C=O) groups is 1. The van der Waals surface area contributed by atoms with Gasteiger partial charge in [0.2, 0.25) is 5.91 Å². The second-order valence-electron chi connectivity index (χ2n) is 5.11. The van der Waals surface area contributed by atoms with Gasteiger partial charge in [-0.3, -0.25) is 14.7 Å². The van der Waals surface area contributed by atoms with Crippen molar-refractivity contribution in [2.75, 3.05) is 0 Å². The highest BCUT2D eigenvalue weighted by Crippen LogP contribution is 2.10. The molecule has 0 unspecified atom stereocenters. The third-order valence-corrected chi connectivity index (χ3v) is 3.39. The van der Waals surface area contributed by atoms with E-state index in [1.807, 2.05) is 0 Å². The molecule has 0 saturated carbocycles. The van der Waals surface area contributed by atoms with Crippen molar-refractivity contribution in [2.45, 2.75) is 71.1 Å². The lowest BCUT2D eigenvalue weighted by Gasteiger charge is -2.02. The Labute approximate surface area is 115 Å². The summed E-state index contributed by atoms with van der Waals surface area (Å²) >= 11 is 0. The number of carbonyl (C=O) groups excluding carboxylic acids is 1. The summed E-state index contributed by atoms with van der Waals surface area (Å²) in [6.07, 6.45) is 13.0. The highest BCUT2D eigenvalue weighted by atomic mass is 16.2. The van der Waals surface area contributed by atoms with E-state index in [2.05, 4.69) is 12.0 Å². The van der Waals surface area contributed by atoms with Gasteiger partial charge < -0.3 is 0 Å². The lowest BCUT2D eigenvalue weighted by Crippen LogP contribution is -2.23. The Kier molecular flexibility index (Phi) is 7.94. The lowest BCUT2D eigenvalue weighted by molar-refractivity contribution is 0.0879.